The summed E-state index contributed by atoms with van der Waals surface area (Å²) in [6.07, 6.45) is 2.50. The van der Waals surface area contributed by atoms with Gasteiger partial charge in [-0.05, 0) is 25.0 Å². The van der Waals surface area contributed by atoms with Crippen LogP contribution in [0.5, 0.6) is 0 Å². The number of nitrogens with one attached hydrogen (secondary N) is 2. The minimum absolute atomic E-state index is 0.0248. The van der Waals surface area contributed by atoms with Crippen molar-refractivity contribution in [2.75, 3.05) is 10.0 Å². The first kappa shape index (κ1) is 17.8. The van der Waals surface area contributed by atoms with Gasteiger partial charge in [-0.15, -0.1) is 0 Å². The Hall–Kier alpha value is -2.00. The number of hydrogen-bond acceptors (Lipinski definition) is 4. The Morgan fingerprint density at radius 1 is 1.32 bits per heavy atom. The van der Waals surface area contributed by atoms with E-state index in [1.165, 1.54) is 29.9 Å². The van der Waals surface area contributed by atoms with Crippen molar-refractivity contribution in [2.24, 2.45) is 7.05 Å². The molecule has 0 aliphatic heterocycles. The number of hydrogen-bond donors (Lipinski definition) is 2. The van der Waals surface area contributed by atoms with Crippen LogP contribution in [0, 0.1) is 5.82 Å². The van der Waals surface area contributed by atoms with Gasteiger partial charge in [0.15, 0.2) is 0 Å². The maximum absolute atomic E-state index is 14.1. The summed E-state index contributed by atoms with van der Waals surface area (Å²) in [5.74, 6) is -0.534. The third-order valence-corrected chi connectivity index (χ3v) is 6.12. The van der Waals surface area contributed by atoms with Crippen LogP contribution in [0.15, 0.2) is 29.2 Å². The molecule has 10 heteroatoms. The molecule has 2 aromatic rings. The summed E-state index contributed by atoms with van der Waals surface area (Å²) in [4.78, 5) is 12.1. The highest BCUT2D eigenvalue weighted by molar-refractivity contribution is 7.93. The van der Waals surface area contributed by atoms with Gasteiger partial charge in [-0.2, -0.15) is 0 Å². The number of sulfonamides is 1. The van der Waals surface area contributed by atoms with Crippen LogP contribution >= 0.6 is 11.6 Å². The predicted molar refractivity (Wildman–Crippen MR) is 100 cm³/mol. The zero-order valence-electron chi connectivity index (χ0n) is 13.6. The Morgan fingerprint density at radius 2 is 2.00 bits per heavy atom. The molecule has 0 amide bonds. The fourth-order valence-electron chi connectivity index (χ4n) is 2.37. The lowest BCUT2D eigenvalue weighted by Crippen LogP contribution is -2.23. The Bertz CT molecular complexity index is 1010. The highest BCUT2D eigenvalue weighted by atomic mass is 35.5. The fraction of sp³-hybridized carbons (Fsp3) is 0.267. The molecule has 1 fully saturated rings. The number of aryl methyl sites for hydroxylation is 1. The van der Waals surface area contributed by atoms with Crippen molar-refractivity contribution in [1.82, 2.24) is 4.57 Å². The first-order valence-electron chi connectivity index (χ1n) is 7.63. The van der Waals surface area contributed by atoms with E-state index in [4.69, 9.17) is 11.6 Å². The normalized spacial score (nSPS) is 14.4. The van der Waals surface area contributed by atoms with E-state index in [9.17, 15) is 17.6 Å². The lowest BCUT2D eigenvalue weighted by Gasteiger charge is -2.17. The Balaban J connectivity index is 2.07. The summed E-state index contributed by atoms with van der Waals surface area (Å²) < 4.78 is 42.2. The van der Waals surface area contributed by atoms with Crippen LogP contribution in [-0.4, -0.2) is 26.1 Å². The summed E-state index contributed by atoms with van der Waals surface area (Å²) in [5.41, 5.74) is 0.419. The minimum atomic E-state index is -3.58. The monoisotopic (exact) mass is 383 g/mol. The molecule has 25 heavy (non-hydrogen) atoms. The third kappa shape index (κ3) is 3.67. The van der Waals surface area contributed by atoms with Gasteiger partial charge in [0.2, 0.25) is 10.0 Å². The highest BCUT2D eigenvalue weighted by Gasteiger charge is 2.36. The quantitative estimate of drug-likeness (QED) is 0.757. The zero-order valence-corrected chi connectivity index (χ0v) is 15.2. The molecule has 0 atom stereocenters. The van der Waals surface area contributed by atoms with Gasteiger partial charge in [-0.25, -0.2) is 12.8 Å². The van der Waals surface area contributed by atoms with Crippen LogP contribution in [0.4, 0.5) is 21.5 Å². The Kier molecular flexibility index (Phi) is 4.55. The number of rotatable bonds is 5. The van der Waals surface area contributed by atoms with E-state index in [0.717, 1.165) is 5.46 Å². The van der Waals surface area contributed by atoms with E-state index in [2.05, 4.69) is 10.0 Å². The van der Waals surface area contributed by atoms with Crippen molar-refractivity contribution in [3.8, 4) is 0 Å². The summed E-state index contributed by atoms with van der Waals surface area (Å²) >= 11 is 6.11. The van der Waals surface area contributed by atoms with Gasteiger partial charge in [-0.1, -0.05) is 23.1 Å². The van der Waals surface area contributed by atoms with Crippen molar-refractivity contribution in [1.29, 1.82) is 0 Å². The van der Waals surface area contributed by atoms with Crippen LogP contribution in [0.1, 0.15) is 12.8 Å². The third-order valence-electron chi connectivity index (χ3n) is 3.92. The first-order chi connectivity index (χ1) is 11.7. The van der Waals surface area contributed by atoms with E-state index in [1.54, 1.807) is 13.9 Å². The molecule has 1 heterocycles. The molecule has 1 saturated carbocycles. The average Bonchev–Trinajstić information content (AvgIpc) is 3.36. The molecule has 2 N–H and O–H groups in total. The lowest BCUT2D eigenvalue weighted by molar-refractivity contribution is 0.600. The molecule has 1 aliphatic carbocycles. The van der Waals surface area contributed by atoms with Gasteiger partial charge in [0.05, 0.1) is 22.3 Å². The molecule has 0 radical (unpaired) electrons. The number of nitrogens with zero attached hydrogens (tertiary/aromatic N) is 1. The van der Waals surface area contributed by atoms with Gasteiger partial charge in [0.25, 0.3) is 5.56 Å². The number of anilines is 3. The molecule has 3 rings (SSSR count). The van der Waals surface area contributed by atoms with E-state index in [0.29, 0.717) is 12.8 Å². The topological polar surface area (TPSA) is 80.2 Å². The summed E-state index contributed by atoms with van der Waals surface area (Å²) in [7, 11) is -0.375. The summed E-state index contributed by atoms with van der Waals surface area (Å²) in [6, 6.07) is 4.51. The second kappa shape index (κ2) is 6.38. The highest BCUT2D eigenvalue weighted by Crippen LogP contribution is 2.35. The molecule has 0 unspecified atom stereocenters. The largest absolute Gasteiger partial charge is 0.350 e. The summed E-state index contributed by atoms with van der Waals surface area (Å²) in [6.45, 7) is 0. The molecule has 132 valence electrons. The van der Waals surface area contributed by atoms with Gasteiger partial charge in [-0.3, -0.25) is 9.52 Å². The number of benzene rings is 1. The van der Waals surface area contributed by atoms with Crippen LogP contribution in [-0.2, 0) is 17.1 Å². The number of pyridine rings is 1. The van der Waals surface area contributed by atoms with Crippen LogP contribution < -0.4 is 21.1 Å². The van der Waals surface area contributed by atoms with Gasteiger partial charge < -0.3 is 9.88 Å². The average molecular weight is 384 g/mol. The van der Waals surface area contributed by atoms with Gasteiger partial charge in [0.1, 0.15) is 18.7 Å². The van der Waals surface area contributed by atoms with Crippen molar-refractivity contribution in [2.45, 2.75) is 18.1 Å². The van der Waals surface area contributed by atoms with E-state index >= 15 is 0 Å². The smallest absolute Gasteiger partial charge is 0.271 e. The predicted octanol–water partition coefficient (Wildman–Crippen LogP) is 1.08. The maximum Gasteiger partial charge on any atom is 0.271 e. The van der Waals surface area contributed by atoms with E-state index in [1.807, 2.05) is 0 Å². The lowest BCUT2D eigenvalue weighted by atomic mass is 9.96. The molecule has 1 aromatic carbocycles. The molecule has 0 saturated heterocycles. The minimum Gasteiger partial charge on any atom is -0.350 e. The van der Waals surface area contributed by atoms with Crippen LogP contribution in [0.3, 0.4) is 0 Å². The molecule has 0 bridgehead atoms. The Labute approximate surface area is 150 Å². The van der Waals surface area contributed by atoms with E-state index in [-0.39, 0.29) is 22.1 Å². The zero-order chi connectivity index (χ0) is 18.4. The van der Waals surface area contributed by atoms with Gasteiger partial charge >= 0.3 is 0 Å². The van der Waals surface area contributed by atoms with Crippen molar-refractivity contribution >= 4 is 52.0 Å². The SMILES string of the molecule is Bc1ccc(Nc2c(NS(=O)(=O)C3CC3)cn(C)c(=O)c2Cl)c(F)c1. The summed E-state index contributed by atoms with van der Waals surface area (Å²) in [5, 5.41) is 2.06. The standard InChI is InChI=1S/C15H16BClFN3O3S/c1-21-7-12(20-25(23,24)9-3-4-9)14(13(17)15(21)22)19-11-5-2-8(16)6-10(11)18/h2,5-7,9,19-20H,3-4,16H2,1H3. The fourth-order valence-corrected chi connectivity index (χ4v) is 4.03. The van der Waals surface area contributed by atoms with Crippen LogP contribution in [0.25, 0.3) is 0 Å². The maximum atomic E-state index is 14.1. The van der Waals surface area contributed by atoms with E-state index < -0.39 is 26.6 Å². The van der Waals surface area contributed by atoms with Gasteiger partial charge in [0, 0.05) is 13.2 Å². The first-order valence-corrected chi connectivity index (χ1v) is 9.55. The van der Waals surface area contributed by atoms with Crippen molar-refractivity contribution in [3.63, 3.8) is 0 Å². The van der Waals surface area contributed by atoms with Crippen molar-refractivity contribution < 1.29 is 12.8 Å². The molecule has 1 aromatic heterocycles. The molecular formula is C15H16BClFN3O3S. The molecular weight excluding hydrogens is 368 g/mol. The second-order valence-electron chi connectivity index (χ2n) is 6.10. The van der Waals surface area contributed by atoms with Crippen LogP contribution in [0.2, 0.25) is 5.02 Å². The number of halogens is 2. The molecule has 1 aliphatic rings. The number of aromatic nitrogens is 1. The Morgan fingerprint density at radius 3 is 2.60 bits per heavy atom. The van der Waals surface area contributed by atoms with Crippen molar-refractivity contribution in [3.05, 3.63) is 45.6 Å². The second-order valence-corrected chi connectivity index (χ2v) is 8.44. The molecule has 6 nitrogen and oxygen atoms in total. The molecule has 0 spiro atoms.